The zero-order chi connectivity index (χ0) is 38.4. The van der Waals surface area contributed by atoms with Gasteiger partial charge in [-0.25, -0.2) is 0 Å². The molecule has 0 aromatic heterocycles. The van der Waals surface area contributed by atoms with Crippen molar-refractivity contribution >= 4 is 11.4 Å². The molecule has 22 heteroatoms. The highest BCUT2D eigenvalue weighted by molar-refractivity contribution is 5.56. The lowest BCUT2D eigenvalue weighted by Gasteiger charge is -2.45. The number of rotatable bonds is 11. The molecular weight excluding hydrogens is 720 g/mol. The molecule has 0 amide bonds. The third-order valence-corrected chi connectivity index (χ3v) is 7.46. The summed E-state index contributed by atoms with van der Waals surface area (Å²) < 4.78 is 288. The smallest absolute Gasteiger partial charge is 0.385 e. The van der Waals surface area contributed by atoms with E-state index in [9.17, 15) is 87.8 Å². The van der Waals surface area contributed by atoms with Gasteiger partial charge in [0.25, 0.3) is 0 Å². The molecule has 274 valence electrons. The zero-order valence-electron chi connectivity index (χ0n) is 24.0. The molecule has 0 aliphatic heterocycles. The Morgan fingerprint density at radius 1 is 0.312 bits per heavy atom. The van der Waals surface area contributed by atoms with E-state index in [-0.39, 0.29) is 24.3 Å². The number of hydrogen-bond donors (Lipinski definition) is 2. The van der Waals surface area contributed by atoms with Crippen molar-refractivity contribution in [1.82, 2.24) is 0 Å². The van der Waals surface area contributed by atoms with Gasteiger partial charge >= 0.3 is 59.2 Å². The van der Waals surface area contributed by atoms with Gasteiger partial charge in [0, 0.05) is 22.5 Å². The van der Waals surface area contributed by atoms with Gasteiger partial charge in [-0.1, -0.05) is 0 Å². The van der Waals surface area contributed by atoms with Crippen molar-refractivity contribution in [1.29, 1.82) is 0 Å². The Labute approximate surface area is 256 Å². The van der Waals surface area contributed by atoms with E-state index in [1.54, 1.807) is 0 Å². The third kappa shape index (κ3) is 5.00. The van der Waals surface area contributed by atoms with Gasteiger partial charge in [0.1, 0.15) is 0 Å². The molecule has 0 aliphatic rings. The molecule has 4 N–H and O–H groups in total. The van der Waals surface area contributed by atoms with Crippen LogP contribution in [0.2, 0.25) is 0 Å². The molecule has 48 heavy (non-hydrogen) atoms. The number of nitrogen functional groups attached to an aromatic ring is 2. The Bertz CT molecular complexity index is 1400. The summed E-state index contributed by atoms with van der Waals surface area (Å²) in [6.45, 7) is 2.99. The van der Waals surface area contributed by atoms with Crippen LogP contribution in [0, 0.1) is 27.7 Å². The van der Waals surface area contributed by atoms with Gasteiger partial charge in [-0.3, -0.25) is 0 Å². The van der Waals surface area contributed by atoms with Crippen LogP contribution < -0.4 is 11.5 Å². The molecule has 2 rings (SSSR count). The van der Waals surface area contributed by atoms with Gasteiger partial charge in [0.15, 0.2) is 0 Å². The van der Waals surface area contributed by atoms with Gasteiger partial charge in [-0.2, -0.15) is 87.8 Å². The molecule has 2 nitrogen and oxygen atoms in total. The molecule has 0 spiro atoms. The fourth-order valence-electron chi connectivity index (χ4n) is 4.25. The Balaban J connectivity index is 2.77. The van der Waals surface area contributed by atoms with Crippen LogP contribution in [0.25, 0.3) is 0 Å². The van der Waals surface area contributed by atoms with Crippen LogP contribution in [0.4, 0.5) is 99.2 Å². The molecule has 0 radical (unpaired) electrons. The lowest BCUT2D eigenvalue weighted by molar-refractivity contribution is -0.470. The van der Waals surface area contributed by atoms with Gasteiger partial charge in [-0.05, 0) is 74.2 Å². The predicted molar refractivity (Wildman–Crippen MR) is 128 cm³/mol. The van der Waals surface area contributed by atoms with E-state index in [2.05, 4.69) is 0 Å². The van der Waals surface area contributed by atoms with Crippen molar-refractivity contribution in [2.24, 2.45) is 0 Å². The Morgan fingerprint density at radius 2 is 0.458 bits per heavy atom. The highest BCUT2D eigenvalue weighted by atomic mass is 19.4. The van der Waals surface area contributed by atoms with Gasteiger partial charge in [-0.15, -0.1) is 0 Å². The number of anilines is 2. The molecule has 0 atom stereocenters. The van der Waals surface area contributed by atoms with Crippen molar-refractivity contribution < 1.29 is 87.8 Å². The maximum Gasteiger partial charge on any atom is 0.385 e. The maximum absolute atomic E-state index is 14.6. The largest absolute Gasteiger partial charge is 0.398 e. The van der Waals surface area contributed by atoms with Crippen molar-refractivity contribution in [3.8, 4) is 0 Å². The molecular formula is C26H20F20N2. The summed E-state index contributed by atoms with van der Waals surface area (Å²) in [6, 6.07) is -0.729. The minimum absolute atomic E-state index is 0.182. The van der Waals surface area contributed by atoms with Crippen molar-refractivity contribution in [2.75, 3.05) is 11.5 Å². The fourth-order valence-corrected chi connectivity index (χ4v) is 4.25. The first kappa shape index (κ1) is 40.8. The molecule has 0 heterocycles. The number of benzene rings is 2. The molecule has 0 bridgehead atoms. The second kappa shape index (κ2) is 11.1. The third-order valence-electron chi connectivity index (χ3n) is 7.46. The standard InChI is InChI=1S/C26H20F20N2/c1-9-5-13(6-10(2)15(9)47)17(27,28)19(31,32)21(35,36)23(39,40)25(43,44)26(45,46)24(41,42)22(37,38)20(33,34)18(29,30)14-7-11(3)16(48)12(4)8-14/h5-8H,47-48H2,1-4H3. The summed E-state index contributed by atoms with van der Waals surface area (Å²) in [4.78, 5) is 0. The van der Waals surface area contributed by atoms with E-state index < -0.39 is 104 Å². The van der Waals surface area contributed by atoms with Crippen LogP contribution in [0.5, 0.6) is 0 Å². The Hall–Kier alpha value is -3.36. The van der Waals surface area contributed by atoms with Crippen LogP contribution in [-0.4, -0.2) is 47.4 Å². The number of alkyl halides is 20. The maximum atomic E-state index is 14.6. The lowest BCUT2D eigenvalue weighted by Crippen LogP contribution is -2.76. The van der Waals surface area contributed by atoms with Crippen molar-refractivity contribution in [3.05, 3.63) is 57.6 Å². The van der Waals surface area contributed by atoms with Crippen LogP contribution in [-0.2, 0) is 11.8 Å². The summed E-state index contributed by atoms with van der Waals surface area (Å²) in [7, 11) is 0. The predicted octanol–water partition coefficient (Wildman–Crippen LogP) is 10.1. The molecule has 0 saturated heterocycles. The quantitative estimate of drug-likeness (QED) is 0.178. The monoisotopic (exact) mass is 740 g/mol. The van der Waals surface area contributed by atoms with Crippen LogP contribution >= 0.6 is 0 Å². The highest BCUT2D eigenvalue weighted by Crippen LogP contribution is 2.67. The SMILES string of the molecule is Cc1cc(C(F)(F)C(F)(F)C(F)(F)C(F)(F)C(F)(F)C(F)(F)C(F)(F)C(F)(F)C(F)(F)C(F)(F)c2cc(C)c(N)c(C)c2)cc(C)c1N. The lowest BCUT2D eigenvalue weighted by atomic mass is 9.83. The van der Waals surface area contributed by atoms with Gasteiger partial charge in [0.05, 0.1) is 0 Å². The number of halogens is 20. The summed E-state index contributed by atoms with van der Waals surface area (Å²) in [5, 5.41) is 0. The Kier molecular flexibility index (Phi) is 9.42. The van der Waals surface area contributed by atoms with Gasteiger partial charge in [0.2, 0.25) is 0 Å². The second-order valence-corrected chi connectivity index (χ2v) is 10.8. The second-order valence-electron chi connectivity index (χ2n) is 10.8. The molecule has 0 unspecified atom stereocenters. The molecule has 2 aromatic carbocycles. The number of hydrogen-bond acceptors (Lipinski definition) is 2. The molecule has 0 saturated carbocycles. The number of aryl methyl sites for hydroxylation is 4. The molecule has 0 fully saturated rings. The van der Waals surface area contributed by atoms with E-state index in [4.69, 9.17) is 11.5 Å². The van der Waals surface area contributed by atoms with Gasteiger partial charge < -0.3 is 11.5 Å². The minimum Gasteiger partial charge on any atom is -0.398 e. The highest BCUT2D eigenvalue weighted by Gasteiger charge is 2.97. The van der Waals surface area contributed by atoms with E-state index in [1.165, 1.54) is 0 Å². The zero-order valence-corrected chi connectivity index (χ0v) is 24.0. The summed E-state index contributed by atoms with van der Waals surface area (Å²) >= 11 is 0. The van der Waals surface area contributed by atoms with Crippen LogP contribution in [0.15, 0.2) is 24.3 Å². The average Bonchev–Trinajstić information content (AvgIpc) is 2.92. The van der Waals surface area contributed by atoms with Crippen molar-refractivity contribution in [2.45, 2.75) is 86.9 Å². The summed E-state index contributed by atoms with van der Waals surface area (Å²) in [5.41, 5.74) is 2.23. The fraction of sp³-hybridized carbons (Fsp3) is 0.538. The van der Waals surface area contributed by atoms with Crippen LogP contribution in [0.1, 0.15) is 33.4 Å². The Morgan fingerprint density at radius 3 is 0.625 bits per heavy atom. The van der Waals surface area contributed by atoms with E-state index in [0.29, 0.717) is 0 Å². The first-order valence-corrected chi connectivity index (χ1v) is 12.4. The van der Waals surface area contributed by atoms with E-state index >= 15 is 0 Å². The first-order chi connectivity index (χ1) is 20.9. The number of nitrogens with two attached hydrogens (primary N) is 2. The first-order valence-electron chi connectivity index (χ1n) is 12.4. The van der Waals surface area contributed by atoms with E-state index in [1.807, 2.05) is 0 Å². The molecule has 0 aliphatic carbocycles. The van der Waals surface area contributed by atoms with Crippen molar-refractivity contribution in [3.63, 3.8) is 0 Å². The summed E-state index contributed by atoms with van der Waals surface area (Å²) in [5.74, 6) is -83.0. The van der Waals surface area contributed by atoms with Crippen LogP contribution in [0.3, 0.4) is 0 Å². The summed E-state index contributed by atoms with van der Waals surface area (Å²) in [6.07, 6.45) is 0. The topological polar surface area (TPSA) is 52.0 Å². The average molecular weight is 740 g/mol. The minimum atomic E-state index is -9.11. The van der Waals surface area contributed by atoms with E-state index in [0.717, 1.165) is 27.7 Å². The normalized spacial score (nSPS) is 15.2. The molecule has 2 aromatic rings.